The van der Waals surface area contributed by atoms with Crippen LogP contribution in [-0.2, 0) is 16.6 Å². The van der Waals surface area contributed by atoms with Gasteiger partial charge < -0.3 is 4.90 Å². The van der Waals surface area contributed by atoms with E-state index >= 15 is 0 Å². The van der Waals surface area contributed by atoms with Gasteiger partial charge >= 0.3 is 0 Å². The summed E-state index contributed by atoms with van der Waals surface area (Å²) < 4.78 is 13.1. The quantitative estimate of drug-likeness (QED) is 0.851. The number of carbonyl (C=O) groups excluding carboxylic acids is 1. The maximum atomic E-state index is 13.1. The van der Waals surface area contributed by atoms with Crippen molar-refractivity contribution in [2.24, 2.45) is 0 Å². The molecule has 0 fully saturated rings. The Morgan fingerprint density at radius 1 is 1.38 bits per heavy atom. The van der Waals surface area contributed by atoms with E-state index in [2.05, 4.69) is 20.4 Å². The predicted molar refractivity (Wildman–Crippen MR) is 94.6 cm³/mol. The summed E-state index contributed by atoms with van der Waals surface area (Å²) >= 11 is 0. The summed E-state index contributed by atoms with van der Waals surface area (Å²) in [6.45, 7) is 10.3. The van der Waals surface area contributed by atoms with Crippen molar-refractivity contribution >= 4 is 17.7 Å². The Labute approximate surface area is 141 Å². The molecule has 1 amide bonds. The highest BCUT2D eigenvalue weighted by Gasteiger charge is 2.39. The van der Waals surface area contributed by atoms with E-state index < -0.39 is 0 Å². The molecule has 0 unspecified atom stereocenters. The molecule has 0 aliphatic carbocycles. The lowest BCUT2D eigenvalue weighted by Crippen LogP contribution is -2.32. The lowest BCUT2D eigenvalue weighted by Gasteiger charge is -2.18. The van der Waals surface area contributed by atoms with Gasteiger partial charge in [0, 0.05) is 18.9 Å². The fraction of sp³-hybridized carbons (Fsp3) is 0.300. The molecule has 4 heteroatoms. The van der Waals surface area contributed by atoms with Crippen LogP contribution in [0.2, 0.25) is 0 Å². The number of halogens is 1. The van der Waals surface area contributed by atoms with Crippen molar-refractivity contribution in [2.45, 2.75) is 32.6 Å². The smallest absolute Gasteiger partial charge is 0.223 e. The summed E-state index contributed by atoms with van der Waals surface area (Å²) in [6, 6.07) is 8.46. The number of fused-ring (bicyclic) bond motifs is 1. The van der Waals surface area contributed by atoms with E-state index in [-0.39, 0.29) is 17.1 Å². The van der Waals surface area contributed by atoms with Crippen LogP contribution in [0.5, 0.6) is 0 Å². The van der Waals surface area contributed by atoms with E-state index in [0.717, 1.165) is 28.2 Å². The fourth-order valence-electron chi connectivity index (χ4n) is 3.24. The molecular weight excluding hydrogens is 303 g/mol. The van der Waals surface area contributed by atoms with Gasteiger partial charge in [0.1, 0.15) is 5.82 Å². The molecule has 0 saturated carbocycles. The maximum Gasteiger partial charge on any atom is 0.223 e. The Balaban J connectivity index is 2.07. The normalized spacial score (nSPS) is 15.2. The fourth-order valence-corrected chi connectivity index (χ4v) is 3.24. The van der Waals surface area contributed by atoms with E-state index in [9.17, 15) is 9.18 Å². The standard InChI is InChI=1S/C20H21FN2O/c1-5-17-15(10-14-6-8-16(21)9-7-14)11-18-19(22-17)20(3,4)12-23(18)13(2)24/h5-9,11H,1,10,12H2,2-4H3. The Morgan fingerprint density at radius 3 is 2.62 bits per heavy atom. The van der Waals surface area contributed by atoms with Crippen molar-refractivity contribution in [2.75, 3.05) is 11.4 Å². The van der Waals surface area contributed by atoms with Crippen molar-refractivity contribution in [1.29, 1.82) is 0 Å². The second-order valence-corrected chi connectivity index (χ2v) is 6.90. The predicted octanol–water partition coefficient (Wildman–Crippen LogP) is 4.10. The highest BCUT2D eigenvalue weighted by atomic mass is 19.1. The van der Waals surface area contributed by atoms with Gasteiger partial charge in [0.05, 0.1) is 17.1 Å². The molecule has 2 heterocycles. The molecule has 0 N–H and O–H groups in total. The first-order valence-electron chi connectivity index (χ1n) is 8.01. The zero-order chi connectivity index (χ0) is 17.5. The van der Waals surface area contributed by atoms with E-state index in [0.29, 0.717) is 13.0 Å². The first kappa shape index (κ1) is 16.4. The van der Waals surface area contributed by atoms with Crippen LogP contribution in [0.15, 0.2) is 36.9 Å². The van der Waals surface area contributed by atoms with Crippen molar-refractivity contribution in [3.05, 3.63) is 65.2 Å². The van der Waals surface area contributed by atoms with E-state index in [1.807, 2.05) is 6.07 Å². The van der Waals surface area contributed by atoms with Crippen LogP contribution in [0.25, 0.3) is 6.08 Å². The number of nitrogens with zero attached hydrogens (tertiary/aromatic N) is 2. The Hall–Kier alpha value is -2.49. The number of anilines is 1. The molecule has 0 bridgehead atoms. The summed E-state index contributed by atoms with van der Waals surface area (Å²) in [6.07, 6.45) is 2.36. The van der Waals surface area contributed by atoms with Gasteiger partial charge in [0.2, 0.25) is 5.91 Å². The molecule has 3 rings (SSSR count). The Kier molecular flexibility index (Phi) is 3.99. The summed E-state index contributed by atoms with van der Waals surface area (Å²) in [5.74, 6) is -0.234. The minimum Gasteiger partial charge on any atom is -0.310 e. The van der Waals surface area contributed by atoms with Gasteiger partial charge in [-0.05, 0) is 41.8 Å². The molecule has 1 aliphatic heterocycles. The zero-order valence-corrected chi connectivity index (χ0v) is 14.3. The number of benzene rings is 1. The SMILES string of the molecule is C=Cc1nc2c(cc1Cc1ccc(F)cc1)N(C(C)=O)CC2(C)C. The average molecular weight is 324 g/mol. The largest absolute Gasteiger partial charge is 0.310 e. The molecular formula is C20H21FN2O. The van der Waals surface area contributed by atoms with Gasteiger partial charge in [-0.1, -0.05) is 32.6 Å². The van der Waals surface area contributed by atoms with Crippen molar-refractivity contribution < 1.29 is 9.18 Å². The average Bonchev–Trinajstić information content (AvgIpc) is 2.80. The van der Waals surface area contributed by atoms with Crippen molar-refractivity contribution in [1.82, 2.24) is 4.98 Å². The first-order valence-corrected chi connectivity index (χ1v) is 8.01. The number of rotatable bonds is 3. The molecule has 24 heavy (non-hydrogen) atoms. The molecule has 2 aromatic rings. The Bertz CT molecular complexity index is 809. The lowest BCUT2D eigenvalue weighted by molar-refractivity contribution is -0.116. The molecule has 0 saturated heterocycles. The number of hydrogen-bond donors (Lipinski definition) is 0. The molecule has 1 aromatic heterocycles. The third-order valence-electron chi connectivity index (χ3n) is 4.48. The van der Waals surface area contributed by atoms with Gasteiger partial charge in [-0.3, -0.25) is 9.78 Å². The number of amides is 1. The highest BCUT2D eigenvalue weighted by molar-refractivity contribution is 5.94. The number of hydrogen-bond acceptors (Lipinski definition) is 2. The van der Waals surface area contributed by atoms with Crippen LogP contribution in [0.1, 0.15) is 43.3 Å². The molecule has 0 atom stereocenters. The van der Waals surface area contributed by atoms with Crippen LogP contribution >= 0.6 is 0 Å². The topological polar surface area (TPSA) is 33.2 Å². The van der Waals surface area contributed by atoms with Gasteiger partial charge in [-0.2, -0.15) is 0 Å². The minimum absolute atomic E-state index is 0.0164. The molecule has 0 spiro atoms. The summed E-state index contributed by atoms with van der Waals surface area (Å²) in [5, 5.41) is 0. The third-order valence-corrected chi connectivity index (χ3v) is 4.48. The summed E-state index contributed by atoms with van der Waals surface area (Å²) in [7, 11) is 0. The van der Waals surface area contributed by atoms with E-state index in [4.69, 9.17) is 4.98 Å². The molecule has 3 nitrogen and oxygen atoms in total. The van der Waals surface area contributed by atoms with Gasteiger partial charge in [0.25, 0.3) is 0 Å². The second-order valence-electron chi connectivity index (χ2n) is 6.90. The molecule has 1 aliphatic rings. The number of carbonyl (C=O) groups is 1. The van der Waals surface area contributed by atoms with Gasteiger partial charge in [0.15, 0.2) is 0 Å². The van der Waals surface area contributed by atoms with Crippen LogP contribution in [0.3, 0.4) is 0 Å². The Morgan fingerprint density at radius 2 is 2.04 bits per heavy atom. The van der Waals surface area contributed by atoms with E-state index in [1.54, 1.807) is 30.0 Å². The maximum absolute atomic E-state index is 13.1. The van der Waals surface area contributed by atoms with Crippen LogP contribution in [0.4, 0.5) is 10.1 Å². The highest BCUT2D eigenvalue weighted by Crippen LogP contribution is 2.40. The zero-order valence-electron chi connectivity index (χ0n) is 14.3. The molecule has 0 radical (unpaired) electrons. The van der Waals surface area contributed by atoms with Gasteiger partial charge in [-0.25, -0.2) is 4.39 Å². The third kappa shape index (κ3) is 2.84. The van der Waals surface area contributed by atoms with Crippen LogP contribution < -0.4 is 4.90 Å². The minimum atomic E-state index is -0.251. The first-order chi connectivity index (χ1) is 11.3. The van der Waals surface area contributed by atoms with E-state index in [1.165, 1.54) is 12.1 Å². The lowest BCUT2D eigenvalue weighted by atomic mass is 9.90. The molecule has 1 aromatic carbocycles. The summed E-state index contributed by atoms with van der Waals surface area (Å²) in [4.78, 5) is 18.6. The van der Waals surface area contributed by atoms with Gasteiger partial charge in [-0.15, -0.1) is 0 Å². The van der Waals surface area contributed by atoms with Crippen LogP contribution in [0, 0.1) is 5.82 Å². The van der Waals surface area contributed by atoms with Crippen LogP contribution in [-0.4, -0.2) is 17.4 Å². The summed E-state index contributed by atoms with van der Waals surface area (Å²) in [5.41, 5.74) is 4.40. The van der Waals surface area contributed by atoms with Crippen molar-refractivity contribution in [3.8, 4) is 0 Å². The molecule has 124 valence electrons. The van der Waals surface area contributed by atoms with Crippen molar-refractivity contribution in [3.63, 3.8) is 0 Å². The number of aromatic nitrogens is 1. The monoisotopic (exact) mass is 324 g/mol. The number of pyridine rings is 1. The second kappa shape index (κ2) is 5.86.